The molecule has 27 heavy (non-hydrogen) atoms. The standard InChI is InChI=1S/C21H25N3O2S/c1-13-12-27-18(22-13)11-17-19(23-21(26)24-20(17)25)16-9-7-15(8-10-16)14-5-3-2-4-6-14/h2-5,12,14-16H,6-11H2,1H3,(H2,23,24,25,26). The first-order valence-corrected chi connectivity index (χ1v) is 10.6. The number of hydrogen-bond acceptors (Lipinski definition) is 4. The Hall–Kier alpha value is -2.21. The minimum Gasteiger partial charge on any atom is -0.311 e. The number of aryl methyl sites for hydroxylation is 1. The molecule has 1 atom stereocenters. The van der Waals surface area contributed by atoms with Gasteiger partial charge in [-0.05, 0) is 56.8 Å². The number of aromatic amines is 2. The molecular weight excluding hydrogens is 358 g/mol. The molecule has 0 radical (unpaired) electrons. The van der Waals surface area contributed by atoms with E-state index in [0.29, 0.717) is 23.8 Å². The van der Waals surface area contributed by atoms with E-state index in [1.807, 2.05) is 12.3 Å². The highest BCUT2D eigenvalue weighted by Gasteiger charge is 2.29. The number of allylic oxidation sites excluding steroid dienone is 4. The number of hydrogen-bond donors (Lipinski definition) is 2. The van der Waals surface area contributed by atoms with Gasteiger partial charge in [0.1, 0.15) is 0 Å². The van der Waals surface area contributed by atoms with Crippen LogP contribution in [-0.4, -0.2) is 15.0 Å². The van der Waals surface area contributed by atoms with E-state index in [-0.39, 0.29) is 11.5 Å². The highest BCUT2D eigenvalue weighted by atomic mass is 32.1. The molecule has 0 aliphatic heterocycles. The van der Waals surface area contributed by atoms with Gasteiger partial charge in [-0.1, -0.05) is 24.3 Å². The Morgan fingerprint density at radius 3 is 2.63 bits per heavy atom. The summed E-state index contributed by atoms with van der Waals surface area (Å²) in [5.74, 6) is 1.57. The Kier molecular flexibility index (Phi) is 5.25. The fourth-order valence-electron chi connectivity index (χ4n) is 4.47. The summed E-state index contributed by atoms with van der Waals surface area (Å²) in [5, 5.41) is 2.91. The number of H-pyrrole nitrogens is 2. The van der Waals surface area contributed by atoms with Crippen LogP contribution in [0.1, 0.15) is 60.0 Å². The Labute approximate surface area is 162 Å². The summed E-state index contributed by atoms with van der Waals surface area (Å²) < 4.78 is 0. The highest BCUT2D eigenvalue weighted by Crippen LogP contribution is 2.40. The molecule has 2 aromatic heterocycles. The van der Waals surface area contributed by atoms with Crippen LogP contribution in [0.5, 0.6) is 0 Å². The van der Waals surface area contributed by atoms with Gasteiger partial charge < -0.3 is 4.98 Å². The van der Waals surface area contributed by atoms with Gasteiger partial charge in [-0.3, -0.25) is 9.78 Å². The zero-order valence-corrected chi connectivity index (χ0v) is 16.3. The van der Waals surface area contributed by atoms with Crippen molar-refractivity contribution >= 4 is 11.3 Å². The van der Waals surface area contributed by atoms with Crippen LogP contribution in [0.25, 0.3) is 0 Å². The third-order valence-electron chi connectivity index (χ3n) is 5.87. The number of nitrogens with one attached hydrogen (secondary N) is 2. The van der Waals surface area contributed by atoms with Gasteiger partial charge in [-0.2, -0.15) is 0 Å². The summed E-state index contributed by atoms with van der Waals surface area (Å²) in [6, 6.07) is 0. The largest absolute Gasteiger partial charge is 0.325 e. The molecule has 1 fully saturated rings. The van der Waals surface area contributed by atoms with E-state index in [4.69, 9.17) is 0 Å². The minimum absolute atomic E-state index is 0.246. The molecule has 2 aliphatic carbocycles. The lowest BCUT2D eigenvalue weighted by Crippen LogP contribution is -2.31. The first-order chi connectivity index (χ1) is 13.1. The lowest BCUT2D eigenvalue weighted by molar-refractivity contribution is 0.262. The molecule has 0 saturated heterocycles. The second kappa shape index (κ2) is 7.80. The van der Waals surface area contributed by atoms with Crippen LogP contribution in [0, 0.1) is 18.8 Å². The summed E-state index contributed by atoms with van der Waals surface area (Å²) in [4.78, 5) is 34.3. The molecule has 5 nitrogen and oxygen atoms in total. The van der Waals surface area contributed by atoms with E-state index in [1.165, 1.54) is 0 Å². The van der Waals surface area contributed by atoms with E-state index in [1.54, 1.807) is 11.3 Å². The molecular formula is C21H25N3O2S. The summed E-state index contributed by atoms with van der Waals surface area (Å²) in [6.45, 7) is 1.95. The Morgan fingerprint density at radius 2 is 1.96 bits per heavy atom. The van der Waals surface area contributed by atoms with Crippen molar-refractivity contribution in [1.82, 2.24) is 15.0 Å². The normalized spacial score (nSPS) is 25.0. The predicted octanol–water partition coefficient (Wildman–Crippen LogP) is 3.83. The van der Waals surface area contributed by atoms with Gasteiger partial charge in [0.2, 0.25) is 0 Å². The van der Waals surface area contributed by atoms with Crippen molar-refractivity contribution in [3.63, 3.8) is 0 Å². The lowest BCUT2D eigenvalue weighted by atomic mass is 9.72. The molecule has 1 saturated carbocycles. The summed E-state index contributed by atoms with van der Waals surface area (Å²) in [5.41, 5.74) is 1.79. The van der Waals surface area contributed by atoms with Gasteiger partial charge in [0.05, 0.1) is 5.01 Å². The van der Waals surface area contributed by atoms with E-state index in [9.17, 15) is 9.59 Å². The molecule has 6 heteroatoms. The monoisotopic (exact) mass is 383 g/mol. The van der Waals surface area contributed by atoms with E-state index in [2.05, 4.69) is 39.3 Å². The molecule has 2 aliphatic rings. The first kappa shape index (κ1) is 18.2. The zero-order chi connectivity index (χ0) is 18.8. The maximum Gasteiger partial charge on any atom is 0.325 e. The highest BCUT2D eigenvalue weighted by molar-refractivity contribution is 7.09. The van der Waals surface area contributed by atoms with Crippen molar-refractivity contribution in [2.45, 2.75) is 51.4 Å². The predicted molar refractivity (Wildman–Crippen MR) is 108 cm³/mol. The van der Waals surface area contributed by atoms with Gasteiger partial charge >= 0.3 is 5.69 Å². The van der Waals surface area contributed by atoms with Crippen molar-refractivity contribution in [1.29, 1.82) is 0 Å². The SMILES string of the molecule is Cc1csc(Cc2c(C3CCC(C4C=CC=CC4)CC3)[nH]c(=O)[nH]c2=O)n1. The average molecular weight is 384 g/mol. The molecule has 0 aromatic carbocycles. The fourth-order valence-corrected chi connectivity index (χ4v) is 5.26. The number of aromatic nitrogens is 3. The van der Waals surface area contributed by atoms with Crippen LogP contribution in [0.2, 0.25) is 0 Å². The van der Waals surface area contributed by atoms with Gasteiger partial charge in [0, 0.05) is 28.8 Å². The number of thiazole rings is 1. The summed E-state index contributed by atoms with van der Waals surface area (Å²) >= 11 is 1.56. The maximum atomic E-state index is 12.5. The molecule has 2 heterocycles. The molecule has 0 spiro atoms. The first-order valence-electron chi connectivity index (χ1n) is 9.70. The third kappa shape index (κ3) is 4.05. The van der Waals surface area contributed by atoms with Crippen molar-refractivity contribution in [3.8, 4) is 0 Å². The zero-order valence-electron chi connectivity index (χ0n) is 15.5. The summed E-state index contributed by atoms with van der Waals surface area (Å²) in [6.07, 6.45) is 14.8. The lowest BCUT2D eigenvalue weighted by Gasteiger charge is -2.33. The van der Waals surface area contributed by atoms with Crippen molar-refractivity contribution in [2.24, 2.45) is 11.8 Å². The topological polar surface area (TPSA) is 78.6 Å². The molecule has 2 N–H and O–H groups in total. The van der Waals surface area contributed by atoms with E-state index in [0.717, 1.165) is 48.5 Å². The minimum atomic E-state index is -0.406. The van der Waals surface area contributed by atoms with Gasteiger partial charge in [0.25, 0.3) is 5.56 Å². The van der Waals surface area contributed by atoms with Crippen LogP contribution in [0.4, 0.5) is 0 Å². The second-order valence-corrected chi connectivity index (χ2v) is 8.63. The van der Waals surface area contributed by atoms with Crippen LogP contribution < -0.4 is 11.2 Å². The van der Waals surface area contributed by atoms with Gasteiger partial charge in [-0.15, -0.1) is 11.3 Å². The van der Waals surface area contributed by atoms with Crippen LogP contribution in [0.3, 0.4) is 0 Å². The van der Waals surface area contributed by atoms with Gasteiger partial charge in [0.15, 0.2) is 0 Å². The molecule has 142 valence electrons. The summed E-state index contributed by atoms with van der Waals surface area (Å²) in [7, 11) is 0. The quantitative estimate of drug-likeness (QED) is 0.842. The van der Waals surface area contributed by atoms with Crippen LogP contribution in [0.15, 0.2) is 39.3 Å². The van der Waals surface area contributed by atoms with Gasteiger partial charge in [-0.25, -0.2) is 9.78 Å². The average Bonchev–Trinajstić information content (AvgIpc) is 3.09. The van der Waals surface area contributed by atoms with Crippen LogP contribution >= 0.6 is 11.3 Å². The fraction of sp³-hybridized carbons (Fsp3) is 0.476. The molecule has 2 aromatic rings. The van der Waals surface area contributed by atoms with Crippen molar-refractivity contribution in [3.05, 3.63) is 72.5 Å². The van der Waals surface area contributed by atoms with Crippen molar-refractivity contribution < 1.29 is 0 Å². The Balaban J connectivity index is 1.54. The number of rotatable bonds is 4. The van der Waals surface area contributed by atoms with Crippen molar-refractivity contribution in [2.75, 3.05) is 0 Å². The molecule has 1 unspecified atom stereocenters. The number of nitrogens with zero attached hydrogens (tertiary/aromatic N) is 1. The smallest absolute Gasteiger partial charge is 0.311 e. The maximum absolute atomic E-state index is 12.5. The van der Waals surface area contributed by atoms with E-state index < -0.39 is 5.69 Å². The van der Waals surface area contributed by atoms with Crippen LogP contribution in [-0.2, 0) is 6.42 Å². The molecule has 4 rings (SSSR count). The Bertz CT molecular complexity index is 974. The Morgan fingerprint density at radius 1 is 1.15 bits per heavy atom. The second-order valence-electron chi connectivity index (χ2n) is 7.68. The third-order valence-corrected chi connectivity index (χ3v) is 6.84. The van der Waals surface area contributed by atoms with E-state index >= 15 is 0 Å². The molecule has 0 amide bonds. The molecule has 0 bridgehead atoms.